The zero-order valence-corrected chi connectivity index (χ0v) is 18.9. The molecule has 0 radical (unpaired) electrons. The Labute approximate surface area is 197 Å². The molecule has 2 aliphatic rings. The second-order valence-electron chi connectivity index (χ2n) is 8.55. The highest BCUT2D eigenvalue weighted by Crippen LogP contribution is 2.30. The monoisotopic (exact) mass is 464 g/mol. The minimum Gasteiger partial charge on any atom is -0.486 e. The van der Waals surface area contributed by atoms with E-state index in [1.54, 1.807) is 22.9 Å². The summed E-state index contributed by atoms with van der Waals surface area (Å²) in [5.41, 5.74) is 2.51. The number of fused-ring (bicyclic) bond motifs is 2. The van der Waals surface area contributed by atoms with Crippen molar-refractivity contribution < 1.29 is 19.0 Å². The van der Waals surface area contributed by atoms with Crippen LogP contribution in [0.4, 0.5) is 4.79 Å². The van der Waals surface area contributed by atoms with E-state index < -0.39 is 6.09 Å². The Balaban J connectivity index is 1.06. The minimum atomic E-state index is -0.414. The number of pyridine rings is 2. The third kappa shape index (κ3) is 5.14. The largest absolute Gasteiger partial charge is 0.486 e. The predicted octanol–water partition coefficient (Wildman–Crippen LogP) is 2.56. The van der Waals surface area contributed by atoms with Crippen molar-refractivity contribution in [3.63, 3.8) is 0 Å². The number of hydrogen-bond donors (Lipinski definition) is 1. The first-order chi connectivity index (χ1) is 16.7. The lowest BCUT2D eigenvalue weighted by Gasteiger charge is -2.32. The number of piperidine rings is 1. The molecule has 1 aromatic carbocycles. The quantitative estimate of drug-likeness (QED) is 0.599. The fourth-order valence-corrected chi connectivity index (χ4v) is 4.43. The van der Waals surface area contributed by atoms with Crippen LogP contribution < -0.4 is 20.3 Å². The lowest BCUT2D eigenvalue weighted by atomic mass is 10.1. The summed E-state index contributed by atoms with van der Waals surface area (Å²) in [6.07, 6.45) is 3.00. The molecule has 0 saturated carbocycles. The first kappa shape index (κ1) is 22.2. The number of alkyl carbamates (subject to hydrolysis) is 1. The molecule has 1 fully saturated rings. The van der Waals surface area contributed by atoms with E-state index in [-0.39, 0.29) is 18.2 Å². The van der Waals surface area contributed by atoms with Crippen molar-refractivity contribution in [3.8, 4) is 11.5 Å². The van der Waals surface area contributed by atoms with Crippen molar-refractivity contribution in [2.75, 3.05) is 32.8 Å². The Morgan fingerprint density at radius 1 is 1.06 bits per heavy atom. The van der Waals surface area contributed by atoms with Crippen LogP contribution in [0.5, 0.6) is 11.5 Å². The standard InChI is InChI=1S/C25H28N4O5/c30-24-6-4-20-21(2-1-9-26-20)29(24)13-12-28-10-7-19(8-11-28)27-25(31)34-17-18-3-5-22-23(16-18)33-15-14-32-22/h1-6,9,16,19H,7-8,10-15,17H2,(H,27,31). The van der Waals surface area contributed by atoms with Crippen LogP contribution in [0.2, 0.25) is 0 Å². The number of benzene rings is 1. The SMILES string of the molecule is O=C(NC1CCN(CCn2c(=O)ccc3ncccc32)CC1)OCc1ccc2c(c1)OCCO2. The van der Waals surface area contributed by atoms with Gasteiger partial charge in [0.1, 0.15) is 19.8 Å². The van der Waals surface area contributed by atoms with E-state index in [0.717, 1.165) is 49.1 Å². The van der Waals surface area contributed by atoms with E-state index in [2.05, 4.69) is 15.2 Å². The Kier molecular flexibility index (Phi) is 6.62. The molecule has 1 N–H and O–H groups in total. The summed E-state index contributed by atoms with van der Waals surface area (Å²) in [5, 5.41) is 2.97. The summed E-state index contributed by atoms with van der Waals surface area (Å²) >= 11 is 0. The number of carbonyl (C=O) groups excluding carboxylic acids is 1. The molecule has 1 amide bonds. The Morgan fingerprint density at radius 2 is 1.88 bits per heavy atom. The molecule has 0 aliphatic carbocycles. The maximum absolute atomic E-state index is 12.4. The van der Waals surface area contributed by atoms with Crippen LogP contribution in [0.1, 0.15) is 18.4 Å². The van der Waals surface area contributed by atoms with Crippen LogP contribution in [0.3, 0.4) is 0 Å². The molecule has 1 saturated heterocycles. The number of rotatable bonds is 6. The summed E-state index contributed by atoms with van der Waals surface area (Å²) in [6.45, 7) is 4.33. The molecule has 4 heterocycles. The first-order valence-electron chi connectivity index (χ1n) is 11.6. The van der Waals surface area contributed by atoms with E-state index in [1.807, 2.05) is 30.3 Å². The Bertz CT molecular complexity index is 1220. The molecule has 3 aromatic rings. The van der Waals surface area contributed by atoms with E-state index in [1.165, 1.54) is 0 Å². The van der Waals surface area contributed by atoms with Gasteiger partial charge in [-0.25, -0.2) is 4.79 Å². The highest BCUT2D eigenvalue weighted by atomic mass is 16.6. The second-order valence-corrected chi connectivity index (χ2v) is 8.55. The third-order valence-electron chi connectivity index (χ3n) is 6.28. The van der Waals surface area contributed by atoms with E-state index in [9.17, 15) is 9.59 Å². The zero-order chi connectivity index (χ0) is 23.3. The summed E-state index contributed by atoms with van der Waals surface area (Å²) in [7, 11) is 0. The van der Waals surface area contributed by atoms with Crippen LogP contribution in [0.15, 0.2) is 53.5 Å². The number of hydrogen-bond acceptors (Lipinski definition) is 7. The molecule has 0 atom stereocenters. The van der Waals surface area contributed by atoms with Gasteiger partial charge in [-0.1, -0.05) is 6.07 Å². The second kappa shape index (κ2) is 10.1. The molecule has 9 heteroatoms. The molecule has 2 aromatic heterocycles. The number of likely N-dealkylation sites (tertiary alicyclic amines) is 1. The number of nitrogens with one attached hydrogen (secondary N) is 1. The smallest absolute Gasteiger partial charge is 0.407 e. The van der Waals surface area contributed by atoms with Gasteiger partial charge in [0.2, 0.25) is 0 Å². The van der Waals surface area contributed by atoms with Gasteiger partial charge < -0.3 is 29.0 Å². The van der Waals surface area contributed by atoms with Crippen LogP contribution in [0, 0.1) is 0 Å². The molecule has 9 nitrogen and oxygen atoms in total. The van der Waals surface area contributed by atoms with Gasteiger partial charge in [0.15, 0.2) is 11.5 Å². The maximum atomic E-state index is 12.4. The van der Waals surface area contributed by atoms with Crippen LogP contribution in [0.25, 0.3) is 11.0 Å². The fraction of sp³-hybridized carbons (Fsp3) is 0.400. The van der Waals surface area contributed by atoms with Gasteiger partial charge in [0.05, 0.1) is 11.0 Å². The lowest BCUT2D eigenvalue weighted by Crippen LogP contribution is -2.45. The highest BCUT2D eigenvalue weighted by molar-refractivity contribution is 5.73. The number of nitrogens with zero attached hydrogens (tertiary/aromatic N) is 3. The summed E-state index contributed by atoms with van der Waals surface area (Å²) < 4.78 is 18.3. The Morgan fingerprint density at radius 3 is 2.74 bits per heavy atom. The lowest BCUT2D eigenvalue weighted by molar-refractivity contribution is 0.125. The summed E-state index contributed by atoms with van der Waals surface area (Å²) in [6, 6.07) is 12.7. The molecule has 178 valence electrons. The molecular weight excluding hydrogens is 436 g/mol. The van der Waals surface area contributed by atoms with Crippen molar-refractivity contribution in [3.05, 3.63) is 64.6 Å². The highest BCUT2D eigenvalue weighted by Gasteiger charge is 2.21. The van der Waals surface area contributed by atoms with Crippen molar-refractivity contribution in [2.45, 2.75) is 32.0 Å². The third-order valence-corrected chi connectivity index (χ3v) is 6.28. The zero-order valence-electron chi connectivity index (χ0n) is 18.9. The van der Waals surface area contributed by atoms with Crippen LogP contribution >= 0.6 is 0 Å². The van der Waals surface area contributed by atoms with Crippen LogP contribution in [-0.2, 0) is 17.9 Å². The molecule has 0 bridgehead atoms. The summed E-state index contributed by atoms with van der Waals surface area (Å²) in [5.74, 6) is 1.40. The molecule has 0 unspecified atom stereocenters. The molecule has 2 aliphatic heterocycles. The van der Waals surface area contributed by atoms with E-state index in [0.29, 0.717) is 31.3 Å². The van der Waals surface area contributed by atoms with E-state index >= 15 is 0 Å². The first-order valence-corrected chi connectivity index (χ1v) is 11.6. The van der Waals surface area contributed by atoms with Gasteiger partial charge in [-0.2, -0.15) is 0 Å². The van der Waals surface area contributed by atoms with Gasteiger partial charge in [-0.3, -0.25) is 9.78 Å². The van der Waals surface area contributed by atoms with Crippen molar-refractivity contribution >= 4 is 17.1 Å². The van der Waals surface area contributed by atoms with Gasteiger partial charge in [-0.05, 0) is 48.7 Å². The Hall–Kier alpha value is -3.59. The van der Waals surface area contributed by atoms with Crippen LogP contribution in [-0.4, -0.2) is 59.4 Å². The number of amides is 1. The average molecular weight is 465 g/mol. The average Bonchev–Trinajstić information content (AvgIpc) is 2.87. The molecule has 5 rings (SSSR count). The topological polar surface area (TPSA) is 94.9 Å². The van der Waals surface area contributed by atoms with Gasteiger partial charge in [-0.15, -0.1) is 0 Å². The van der Waals surface area contributed by atoms with Gasteiger partial charge in [0.25, 0.3) is 5.56 Å². The van der Waals surface area contributed by atoms with E-state index in [4.69, 9.17) is 14.2 Å². The molecular formula is C25H28N4O5. The summed E-state index contributed by atoms with van der Waals surface area (Å²) in [4.78, 5) is 31.3. The minimum absolute atomic E-state index is 0.0159. The predicted molar refractivity (Wildman–Crippen MR) is 126 cm³/mol. The van der Waals surface area contributed by atoms with Crippen molar-refractivity contribution in [2.24, 2.45) is 0 Å². The van der Waals surface area contributed by atoms with Crippen molar-refractivity contribution in [1.82, 2.24) is 19.8 Å². The van der Waals surface area contributed by atoms with Gasteiger partial charge in [0, 0.05) is 44.5 Å². The number of carbonyl (C=O) groups is 1. The fourth-order valence-electron chi connectivity index (χ4n) is 4.43. The maximum Gasteiger partial charge on any atom is 0.407 e. The molecule has 0 spiro atoms. The molecule has 34 heavy (non-hydrogen) atoms. The number of aromatic nitrogens is 2. The van der Waals surface area contributed by atoms with Crippen molar-refractivity contribution in [1.29, 1.82) is 0 Å². The normalized spacial score (nSPS) is 16.4. The van der Waals surface area contributed by atoms with Gasteiger partial charge >= 0.3 is 6.09 Å². The number of ether oxygens (including phenoxy) is 3.